The van der Waals surface area contributed by atoms with Crippen molar-refractivity contribution >= 4 is 9.84 Å². The van der Waals surface area contributed by atoms with E-state index < -0.39 is 9.84 Å². The highest BCUT2D eigenvalue weighted by Crippen LogP contribution is 2.22. The van der Waals surface area contributed by atoms with Crippen molar-refractivity contribution < 1.29 is 8.42 Å². The maximum absolute atomic E-state index is 11.5. The first-order chi connectivity index (χ1) is 8.49. The zero-order valence-corrected chi connectivity index (χ0v) is 12.1. The van der Waals surface area contributed by atoms with E-state index in [1.165, 1.54) is 6.42 Å². The van der Waals surface area contributed by atoms with Crippen molar-refractivity contribution in [2.75, 3.05) is 50.8 Å². The molecular weight excluding hydrogens is 250 g/mol. The molecule has 2 aliphatic rings. The van der Waals surface area contributed by atoms with Gasteiger partial charge in [0.25, 0.3) is 0 Å². The number of sulfone groups is 1. The van der Waals surface area contributed by atoms with Gasteiger partial charge < -0.3 is 15.5 Å². The fraction of sp³-hybridized carbons (Fsp3) is 1.00. The highest BCUT2D eigenvalue weighted by molar-refractivity contribution is 7.91. The molecule has 2 heterocycles. The first kappa shape index (κ1) is 14.2. The van der Waals surface area contributed by atoms with E-state index in [4.69, 9.17) is 0 Å². The van der Waals surface area contributed by atoms with Crippen LogP contribution in [0.25, 0.3) is 0 Å². The minimum absolute atomic E-state index is 0.205. The van der Waals surface area contributed by atoms with Gasteiger partial charge in [0, 0.05) is 31.7 Å². The van der Waals surface area contributed by atoms with Gasteiger partial charge in [0.05, 0.1) is 11.5 Å². The van der Waals surface area contributed by atoms with E-state index in [1.807, 2.05) is 6.92 Å². The summed E-state index contributed by atoms with van der Waals surface area (Å²) in [5, 5.41) is 6.83. The first-order valence-electron chi connectivity index (χ1n) is 6.88. The van der Waals surface area contributed by atoms with Crippen molar-refractivity contribution in [2.45, 2.75) is 25.3 Å². The van der Waals surface area contributed by atoms with E-state index in [2.05, 4.69) is 15.5 Å². The summed E-state index contributed by atoms with van der Waals surface area (Å²) in [7, 11) is -2.80. The molecule has 18 heavy (non-hydrogen) atoms. The van der Waals surface area contributed by atoms with E-state index in [-0.39, 0.29) is 5.54 Å². The number of hydrogen-bond donors (Lipinski definition) is 2. The lowest BCUT2D eigenvalue weighted by molar-refractivity contribution is 0.273. The summed E-state index contributed by atoms with van der Waals surface area (Å²) >= 11 is 0. The topological polar surface area (TPSA) is 61.4 Å². The van der Waals surface area contributed by atoms with Gasteiger partial charge in [-0.15, -0.1) is 0 Å². The van der Waals surface area contributed by atoms with E-state index in [9.17, 15) is 8.42 Å². The number of nitrogens with zero attached hydrogens (tertiary/aromatic N) is 1. The van der Waals surface area contributed by atoms with E-state index in [0.717, 1.165) is 45.7 Å². The van der Waals surface area contributed by atoms with Gasteiger partial charge in [-0.3, -0.25) is 0 Å². The minimum atomic E-state index is -2.80. The number of nitrogens with one attached hydrogen (secondary N) is 2. The lowest BCUT2D eigenvalue weighted by atomic mass is 10.0. The summed E-state index contributed by atoms with van der Waals surface area (Å²) in [5.74, 6) is 0.631. The molecule has 5 nitrogen and oxygen atoms in total. The summed E-state index contributed by atoms with van der Waals surface area (Å²) < 4.78 is 23.0. The molecule has 1 unspecified atom stereocenters. The predicted molar refractivity (Wildman–Crippen MR) is 73.6 cm³/mol. The fourth-order valence-corrected chi connectivity index (χ4v) is 4.91. The Morgan fingerprint density at radius 3 is 2.89 bits per heavy atom. The van der Waals surface area contributed by atoms with Crippen LogP contribution >= 0.6 is 0 Å². The zero-order chi connectivity index (χ0) is 13.1. The Morgan fingerprint density at radius 2 is 2.17 bits per heavy atom. The molecule has 2 fully saturated rings. The van der Waals surface area contributed by atoms with Crippen LogP contribution in [-0.2, 0) is 9.84 Å². The Morgan fingerprint density at radius 1 is 1.33 bits per heavy atom. The third-order valence-electron chi connectivity index (χ3n) is 3.92. The molecule has 0 amide bonds. The van der Waals surface area contributed by atoms with E-state index >= 15 is 0 Å². The maximum atomic E-state index is 11.5. The average molecular weight is 275 g/mol. The summed E-state index contributed by atoms with van der Waals surface area (Å²) in [4.78, 5) is 2.44. The van der Waals surface area contributed by atoms with Crippen molar-refractivity contribution in [3.63, 3.8) is 0 Å². The van der Waals surface area contributed by atoms with Gasteiger partial charge in [-0.1, -0.05) is 0 Å². The predicted octanol–water partition coefficient (Wildman–Crippen LogP) is -0.551. The Bertz CT molecular complexity index is 364. The van der Waals surface area contributed by atoms with Gasteiger partial charge in [-0.05, 0) is 32.9 Å². The van der Waals surface area contributed by atoms with Crippen LogP contribution < -0.4 is 10.6 Å². The van der Waals surface area contributed by atoms with Gasteiger partial charge in [0.15, 0.2) is 9.84 Å². The molecule has 106 valence electrons. The third-order valence-corrected chi connectivity index (χ3v) is 5.82. The SMILES string of the molecule is CC1(NCCN2CCCNCC2)CCS(=O)(=O)C1. The van der Waals surface area contributed by atoms with Gasteiger partial charge in [0.2, 0.25) is 0 Å². The normalized spacial score (nSPS) is 33.4. The van der Waals surface area contributed by atoms with Crippen LogP contribution in [0.15, 0.2) is 0 Å². The molecule has 2 rings (SSSR count). The zero-order valence-electron chi connectivity index (χ0n) is 11.2. The summed E-state index contributed by atoms with van der Waals surface area (Å²) in [6.07, 6.45) is 1.95. The highest BCUT2D eigenvalue weighted by atomic mass is 32.2. The van der Waals surface area contributed by atoms with Crippen LogP contribution in [0, 0.1) is 0 Å². The Labute approximate surface area is 110 Å². The van der Waals surface area contributed by atoms with Gasteiger partial charge in [0.1, 0.15) is 0 Å². The lowest BCUT2D eigenvalue weighted by Crippen LogP contribution is -2.47. The Balaban J connectivity index is 1.71. The van der Waals surface area contributed by atoms with Crippen LogP contribution in [-0.4, -0.2) is 69.6 Å². The second-order valence-electron chi connectivity index (χ2n) is 5.77. The van der Waals surface area contributed by atoms with Crippen molar-refractivity contribution in [3.8, 4) is 0 Å². The molecule has 6 heteroatoms. The Kier molecular flexibility index (Phi) is 4.64. The fourth-order valence-electron chi connectivity index (χ4n) is 2.79. The molecule has 0 spiro atoms. The molecule has 0 bridgehead atoms. The number of hydrogen-bond acceptors (Lipinski definition) is 5. The van der Waals surface area contributed by atoms with Gasteiger partial charge >= 0.3 is 0 Å². The molecule has 2 saturated heterocycles. The third kappa shape index (κ3) is 4.19. The lowest BCUT2D eigenvalue weighted by Gasteiger charge is -2.26. The van der Waals surface area contributed by atoms with Crippen LogP contribution in [0.5, 0.6) is 0 Å². The Hall–Kier alpha value is -0.170. The average Bonchev–Trinajstić information content (AvgIpc) is 2.50. The maximum Gasteiger partial charge on any atom is 0.152 e. The highest BCUT2D eigenvalue weighted by Gasteiger charge is 2.37. The summed E-state index contributed by atoms with van der Waals surface area (Å²) in [5.41, 5.74) is -0.205. The standard InChI is InChI=1S/C12H25N3O2S/c1-12(3-10-18(16,17)11-12)14-6-9-15-7-2-4-13-5-8-15/h13-14H,2-11H2,1H3. The second kappa shape index (κ2) is 5.86. The monoisotopic (exact) mass is 275 g/mol. The van der Waals surface area contributed by atoms with Crippen molar-refractivity contribution in [3.05, 3.63) is 0 Å². The first-order valence-corrected chi connectivity index (χ1v) is 8.70. The van der Waals surface area contributed by atoms with Crippen molar-refractivity contribution in [1.29, 1.82) is 0 Å². The molecule has 0 aromatic rings. The minimum Gasteiger partial charge on any atom is -0.315 e. The summed E-state index contributed by atoms with van der Waals surface area (Å²) in [6.45, 7) is 8.33. The second-order valence-corrected chi connectivity index (χ2v) is 7.96. The van der Waals surface area contributed by atoms with Crippen LogP contribution in [0.4, 0.5) is 0 Å². The molecule has 1 atom stereocenters. The van der Waals surface area contributed by atoms with Crippen LogP contribution in [0.3, 0.4) is 0 Å². The van der Waals surface area contributed by atoms with E-state index in [0.29, 0.717) is 11.5 Å². The van der Waals surface area contributed by atoms with Crippen molar-refractivity contribution in [1.82, 2.24) is 15.5 Å². The largest absolute Gasteiger partial charge is 0.315 e. The molecular formula is C12H25N3O2S. The summed E-state index contributed by atoms with van der Waals surface area (Å²) in [6, 6.07) is 0. The molecule has 0 aromatic carbocycles. The molecule has 0 aromatic heterocycles. The van der Waals surface area contributed by atoms with Crippen LogP contribution in [0.2, 0.25) is 0 Å². The van der Waals surface area contributed by atoms with Crippen molar-refractivity contribution in [2.24, 2.45) is 0 Å². The molecule has 2 N–H and O–H groups in total. The smallest absolute Gasteiger partial charge is 0.152 e. The van der Waals surface area contributed by atoms with E-state index in [1.54, 1.807) is 0 Å². The quantitative estimate of drug-likeness (QED) is 0.721. The molecule has 0 saturated carbocycles. The number of rotatable bonds is 4. The van der Waals surface area contributed by atoms with Crippen LogP contribution in [0.1, 0.15) is 19.8 Å². The van der Waals surface area contributed by atoms with Gasteiger partial charge in [-0.25, -0.2) is 8.42 Å². The molecule has 2 aliphatic heterocycles. The van der Waals surface area contributed by atoms with Gasteiger partial charge in [-0.2, -0.15) is 0 Å². The molecule has 0 aliphatic carbocycles. The molecule has 0 radical (unpaired) electrons.